The molecule has 0 amide bonds. The summed E-state index contributed by atoms with van der Waals surface area (Å²) in [5.74, 6) is -1.46. The second kappa shape index (κ2) is 5.83. The maximum absolute atomic E-state index is 14.5. The Kier molecular flexibility index (Phi) is 3.96. The molecular formula is C17H16FN3O2S. The lowest BCUT2D eigenvalue weighted by Crippen LogP contribution is -2.27. The second-order valence-electron chi connectivity index (χ2n) is 5.85. The van der Waals surface area contributed by atoms with Gasteiger partial charge in [0.05, 0.1) is 16.7 Å². The summed E-state index contributed by atoms with van der Waals surface area (Å²) < 4.78 is 15.0. The molecule has 0 aliphatic heterocycles. The number of carboxylic acid groups (broad SMARTS) is 1. The van der Waals surface area contributed by atoms with E-state index >= 15 is 0 Å². The van der Waals surface area contributed by atoms with Crippen LogP contribution in [-0.4, -0.2) is 25.4 Å². The predicted octanol–water partition coefficient (Wildman–Crippen LogP) is 3.70. The maximum Gasteiger partial charge on any atom is 0.319 e. The van der Waals surface area contributed by atoms with Crippen molar-refractivity contribution >= 4 is 34.5 Å². The minimum Gasteiger partial charge on any atom is -0.480 e. The van der Waals surface area contributed by atoms with Crippen LogP contribution in [0.2, 0.25) is 0 Å². The van der Waals surface area contributed by atoms with Gasteiger partial charge in [0.15, 0.2) is 5.16 Å². The van der Waals surface area contributed by atoms with Gasteiger partial charge in [-0.15, -0.1) is 0 Å². The molecule has 0 saturated carbocycles. The first-order valence-electron chi connectivity index (χ1n) is 7.25. The van der Waals surface area contributed by atoms with Crippen molar-refractivity contribution < 1.29 is 14.3 Å². The molecular weight excluding hydrogens is 329 g/mol. The summed E-state index contributed by atoms with van der Waals surface area (Å²) >= 11 is 1.07. The number of hydrogen-bond donors (Lipinski definition) is 2. The van der Waals surface area contributed by atoms with Crippen LogP contribution in [0.25, 0.3) is 16.7 Å². The fourth-order valence-corrected chi connectivity index (χ4v) is 3.26. The van der Waals surface area contributed by atoms with Crippen molar-refractivity contribution in [3.8, 4) is 5.69 Å². The van der Waals surface area contributed by atoms with E-state index in [0.29, 0.717) is 21.9 Å². The van der Waals surface area contributed by atoms with E-state index in [2.05, 4.69) is 4.98 Å². The van der Waals surface area contributed by atoms with Crippen LogP contribution >= 0.6 is 11.8 Å². The highest BCUT2D eigenvalue weighted by Crippen LogP contribution is 2.36. The summed E-state index contributed by atoms with van der Waals surface area (Å²) in [6, 6.07) is 11.7. The zero-order valence-corrected chi connectivity index (χ0v) is 14.0. The number of para-hydroxylation sites is 2. The van der Waals surface area contributed by atoms with Gasteiger partial charge in [0.1, 0.15) is 10.6 Å². The Balaban J connectivity index is 2.25. The van der Waals surface area contributed by atoms with Gasteiger partial charge in [-0.25, -0.2) is 9.37 Å². The second-order valence-corrected chi connectivity index (χ2v) is 7.44. The molecule has 3 rings (SSSR count). The number of halogens is 1. The van der Waals surface area contributed by atoms with Crippen molar-refractivity contribution in [2.24, 2.45) is 0 Å². The van der Waals surface area contributed by atoms with Gasteiger partial charge in [-0.3, -0.25) is 9.36 Å². The molecule has 0 bridgehead atoms. The van der Waals surface area contributed by atoms with Crippen molar-refractivity contribution in [2.75, 3.05) is 5.73 Å². The molecule has 124 valence electrons. The highest BCUT2D eigenvalue weighted by molar-refractivity contribution is 8.01. The first-order valence-corrected chi connectivity index (χ1v) is 8.06. The minimum absolute atomic E-state index is 0.279. The van der Waals surface area contributed by atoms with Crippen LogP contribution in [0.1, 0.15) is 13.8 Å². The summed E-state index contributed by atoms with van der Waals surface area (Å²) in [5.41, 5.74) is 7.59. The third-order valence-electron chi connectivity index (χ3n) is 3.60. The smallest absolute Gasteiger partial charge is 0.319 e. The fraction of sp³-hybridized carbons (Fsp3) is 0.176. The molecule has 0 aliphatic rings. The van der Waals surface area contributed by atoms with Crippen LogP contribution in [0, 0.1) is 5.82 Å². The number of thioether (sulfide) groups is 1. The Morgan fingerprint density at radius 1 is 1.29 bits per heavy atom. The number of rotatable bonds is 4. The van der Waals surface area contributed by atoms with E-state index in [0.717, 1.165) is 11.8 Å². The number of nitrogens with two attached hydrogens (primary N) is 1. The maximum atomic E-state index is 14.5. The third kappa shape index (κ3) is 2.82. The Labute approximate surface area is 142 Å². The third-order valence-corrected chi connectivity index (χ3v) is 4.75. The van der Waals surface area contributed by atoms with Gasteiger partial charge >= 0.3 is 5.97 Å². The van der Waals surface area contributed by atoms with Gasteiger partial charge in [-0.1, -0.05) is 23.9 Å². The molecule has 1 heterocycles. The SMILES string of the molecule is CC(C)(Sc1nc2ccccc2n1-c1ccc(N)cc1F)C(=O)O. The van der Waals surface area contributed by atoms with Crippen molar-refractivity contribution in [2.45, 2.75) is 23.8 Å². The van der Waals surface area contributed by atoms with Crippen molar-refractivity contribution in [3.63, 3.8) is 0 Å². The fourth-order valence-electron chi connectivity index (χ4n) is 2.28. The van der Waals surface area contributed by atoms with Gasteiger partial charge in [-0.2, -0.15) is 0 Å². The summed E-state index contributed by atoms with van der Waals surface area (Å²) in [7, 11) is 0. The molecule has 0 fully saturated rings. The normalized spacial score (nSPS) is 11.8. The Morgan fingerprint density at radius 3 is 2.67 bits per heavy atom. The minimum atomic E-state index is -1.11. The van der Waals surface area contributed by atoms with Crippen molar-refractivity contribution in [1.29, 1.82) is 0 Å². The Hall–Kier alpha value is -2.54. The molecule has 0 aliphatic carbocycles. The highest BCUT2D eigenvalue weighted by Gasteiger charge is 2.31. The molecule has 0 atom stereocenters. The van der Waals surface area contributed by atoms with Crippen molar-refractivity contribution in [3.05, 3.63) is 48.3 Å². The molecule has 0 unspecified atom stereocenters. The van der Waals surface area contributed by atoms with Gasteiger partial charge < -0.3 is 10.8 Å². The van der Waals surface area contributed by atoms with Gasteiger partial charge in [0.25, 0.3) is 0 Å². The summed E-state index contributed by atoms with van der Waals surface area (Å²) in [6.45, 7) is 3.17. The van der Waals surface area contributed by atoms with Gasteiger partial charge in [0, 0.05) is 5.69 Å². The molecule has 1 aromatic heterocycles. The number of anilines is 1. The number of imidazole rings is 1. The largest absolute Gasteiger partial charge is 0.480 e. The van der Waals surface area contributed by atoms with Crippen LogP contribution in [0.3, 0.4) is 0 Å². The zero-order valence-electron chi connectivity index (χ0n) is 13.2. The van der Waals surface area contributed by atoms with E-state index in [9.17, 15) is 14.3 Å². The molecule has 3 aromatic rings. The number of benzene rings is 2. The lowest BCUT2D eigenvalue weighted by Gasteiger charge is -2.19. The highest BCUT2D eigenvalue weighted by atomic mass is 32.2. The number of aliphatic carboxylic acids is 1. The van der Waals surface area contributed by atoms with Crippen LogP contribution in [-0.2, 0) is 4.79 Å². The first-order chi connectivity index (χ1) is 11.3. The van der Waals surface area contributed by atoms with E-state index in [4.69, 9.17) is 5.73 Å². The molecule has 0 saturated heterocycles. The first kappa shape index (κ1) is 16.3. The molecule has 24 heavy (non-hydrogen) atoms. The molecule has 0 spiro atoms. The number of hydrogen-bond acceptors (Lipinski definition) is 4. The van der Waals surface area contributed by atoms with E-state index < -0.39 is 16.5 Å². The Bertz CT molecular complexity index is 937. The molecule has 5 nitrogen and oxygen atoms in total. The van der Waals surface area contributed by atoms with E-state index in [-0.39, 0.29) is 5.69 Å². The zero-order chi connectivity index (χ0) is 17.5. The van der Waals surface area contributed by atoms with E-state index in [1.54, 1.807) is 36.6 Å². The summed E-state index contributed by atoms with van der Waals surface area (Å²) in [4.78, 5) is 15.9. The number of fused-ring (bicyclic) bond motifs is 1. The average Bonchev–Trinajstić information content (AvgIpc) is 2.84. The lowest BCUT2D eigenvalue weighted by atomic mass is 10.2. The quantitative estimate of drug-likeness (QED) is 0.556. The number of carbonyl (C=O) groups is 1. The molecule has 3 N–H and O–H groups in total. The number of carboxylic acids is 1. The van der Waals surface area contributed by atoms with Crippen LogP contribution in [0.4, 0.5) is 10.1 Å². The average molecular weight is 345 g/mol. The monoisotopic (exact) mass is 345 g/mol. The Morgan fingerprint density at radius 2 is 2.00 bits per heavy atom. The summed E-state index contributed by atoms with van der Waals surface area (Å²) in [6.07, 6.45) is 0. The predicted molar refractivity (Wildman–Crippen MR) is 93.0 cm³/mol. The standard InChI is InChI=1S/C17H16FN3O2S/c1-17(2,15(22)23)24-16-20-12-5-3-4-6-14(12)21(16)13-8-7-10(19)9-11(13)18/h3-9H,19H2,1-2H3,(H,22,23). The van der Waals surface area contributed by atoms with E-state index in [1.807, 2.05) is 18.2 Å². The summed E-state index contributed by atoms with van der Waals surface area (Å²) in [5, 5.41) is 9.79. The van der Waals surface area contributed by atoms with Crippen molar-refractivity contribution in [1.82, 2.24) is 9.55 Å². The molecule has 7 heteroatoms. The van der Waals surface area contributed by atoms with Crippen LogP contribution in [0.5, 0.6) is 0 Å². The van der Waals surface area contributed by atoms with Crippen LogP contribution < -0.4 is 5.73 Å². The van der Waals surface area contributed by atoms with Gasteiger partial charge in [-0.05, 0) is 44.2 Å². The number of aromatic nitrogens is 2. The topological polar surface area (TPSA) is 81.1 Å². The molecule has 0 radical (unpaired) electrons. The van der Waals surface area contributed by atoms with Crippen LogP contribution in [0.15, 0.2) is 47.6 Å². The number of nitrogen functional groups attached to an aromatic ring is 1. The van der Waals surface area contributed by atoms with E-state index in [1.165, 1.54) is 6.07 Å². The number of nitrogens with zero attached hydrogens (tertiary/aromatic N) is 2. The molecule has 2 aromatic carbocycles. The van der Waals surface area contributed by atoms with Gasteiger partial charge in [0.2, 0.25) is 0 Å². The lowest BCUT2D eigenvalue weighted by molar-refractivity contribution is -0.138.